The number of aromatic nitrogens is 3. The Morgan fingerprint density at radius 1 is 0.915 bits per heavy atom. The van der Waals surface area contributed by atoms with Gasteiger partial charge in [0, 0.05) is 5.56 Å². The Morgan fingerprint density at radius 2 is 1.64 bits per heavy atom. The minimum absolute atomic E-state index is 0.0767. The van der Waals surface area contributed by atoms with Crippen LogP contribution in [0.2, 0.25) is 0 Å². The van der Waals surface area contributed by atoms with Gasteiger partial charge in [-0.05, 0) is 89.7 Å². The Labute approximate surface area is 277 Å². The Hall–Kier alpha value is -5.16. The molecular weight excluding hydrogens is 617 g/mol. The Balaban J connectivity index is 1.28. The van der Waals surface area contributed by atoms with E-state index in [1.54, 1.807) is 44.6 Å². The van der Waals surface area contributed by atoms with Gasteiger partial charge in [-0.15, -0.1) is 10.2 Å². The molecule has 1 amide bonds. The van der Waals surface area contributed by atoms with Gasteiger partial charge < -0.3 is 14.2 Å². The van der Waals surface area contributed by atoms with Gasteiger partial charge in [0.15, 0.2) is 22.5 Å². The first-order valence-electron chi connectivity index (χ1n) is 15.1. The van der Waals surface area contributed by atoms with Crippen molar-refractivity contribution in [3.05, 3.63) is 113 Å². The minimum Gasteiger partial charge on any atom is -0.497 e. The van der Waals surface area contributed by atoms with E-state index in [4.69, 9.17) is 14.2 Å². The summed E-state index contributed by atoms with van der Waals surface area (Å²) < 4.78 is 31.9. The number of amides is 1. The molecule has 0 fully saturated rings. The summed E-state index contributed by atoms with van der Waals surface area (Å²) in [4.78, 5) is 12.9. The van der Waals surface area contributed by atoms with Crippen LogP contribution in [0.15, 0.2) is 95.2 Å². The molecule has 0 bridgehead atoms. The molecule has 0 saturated heterocycles. The van der Waals surface area contributed by atoms with Gasteiger partial charge in [0.05, 0.1) is 31.9 Å². The van der Waals surface area contributed by atoms with Crippen LogP contribution in [0.4, 0.5) is 4.39 Å². The molecule has 4 aromatic carbocycles. The van der Waals surface area contributed by atoms with Crippen molar-refractivity contribution in [3.63, 3.8) is 0 Å². The number of aryl methyl sites for hydroxylation is 2. The first-order chi connectivity index (χ1) is 22.9. The van der Waals surface area contributed by atoms with Gasteiger partial charge in [-0.1, -0.05) is 55.9 Å². The van der Waals surface area contributed by atoms with E-state index in [1.807, 2.05) is 28.8 Å². The first-order valence-corrected chi connectivity index (χ1v) is 16.1. The van der Waals surface area contributed by atoms with Crippen LogP contribution in [-0.4, -0.2) is 46.9 Å². The number of para-hydroxylation sites is 1. The molecule has 0 spiro atoms. The molecule has 0 aliphatic heterocycles. The van der Waals surface area contributed by atoms with Crippen molar-refractivity contribution in [2.75, 3.05) is 20.0 Å². The van der Waals surface area contributed by atoms with Crippen molar-refractivity contribution >= 4 is 23.9 Å². The smallest absolute Gasteiger partial charge is 0.250 e. The van der Waals surface area contributed by atoms with Crippen molar-refractivity contribution < 1.29 is 23.4 Å². The van der Waals surface area contributed by atoms with Crippen LogP contribution in [0.5, 0.6) is 17.2 Å². The maximum Gasteiger partial charge on any atom is 0.250 e. The van der Waals surface area contributed by atoms with Gasteiger partial charge >= 0.3 is 0 Å². The second-order valence-corrected chi connectivity index (χ2v) is 11.4. The second-order valence-electron chi connectivity index (χ2n) is 10.4. The Kier molecular flexibility index (Phi) is 11.2. The maximum atomic E-state index is 13.2. The number of nitrogens with zero attached hydrogens (tertiary/aromatic N) is 4. The molecule has 11 heteroatoms. The highest BCUT2D eigenvalue weighted by molar-refractivity contribution is 7.99. The van der Waals surface area contributed by atoms with E-state index in [9.17, 15) is 9.18 Å². The number of benzene rings is 4. The van der Waals surface area contributed by atoms with Crippen LogP contribution in [0.1, 0.15) is 36.1 Å². The standard InChI is InChI=1S/C36H36FN5O4S/c1-5-26-8-7-9-27(6-2)34(26)42-35(28-13-17-30(44-3)18-14-28)40-41-36(42)47-23-33(43)39-38-21-25-12-19-31(32(20-25)45-4)46-22-24-10-15-29(37)16-11-24/h7-21H,5-6,22-23H2,1-4H3,(H,39,43)/b38-21-. The first kappa shape index (κ1) is 33.2. The molecular formula is C36H36FN5O4S. The summed E-state index contributed by atoms with van der Waals surface area (Å²) in [5.74, 6) is 1.95. The van der Waals surface area contributed by atoms with Crippen LogP contribution in [0.25, 0.3) is 17.1 Å². The van der Waals surface area contributed by atoms with Gasteiger partial charge in [-0.2, -0.15) is 5.10 Å². The topological polar surface area (TPSA) is 99.9 Å². The van der Waals surface area contributed by atoms with Gasteiger partial charge in [0.2, 0.25) is 0 Å². The number of hydrogen-bond acceptors (Lipinski definition) is 8. The van der Waals surface area contributed by atoms with E-state index < -0.39 is 0 Å². The van der Waals surface area contributed by atoms with Crippen molar-refractivity contribution in [2.45, 2.75) is 38.5 Å². The zero-order valence-corrected chi connectivity index (χ0v) is 27.5. The molecule has 5 aromatic rings. The van der Waals surface area contributed by atoms with Crippen LogP contribution >= 0.6 is 11.8 Å². The van der Waals surface area contributed by atoms with E-state index >= 15 is 0 Å². The van der Waals surface area contributed by atoms with Crippen molar-refractivity contribution in [2.24, 2.45) is 5.10 Å². The van der Waals surface area contributed by atoms with Crippen molar-refractivity contribution in [3.8, 4) is 34.3 Å². The molecule has 0 atom stereocenters. The summed E-state index contributed by atoms with van der Waals surface area (Å²) in [7, 11) is 3.18. The van der Waals surface area contributed by atoms with Crippen LogP contribution in [0.3, 0.4) is 0 Å². The van der Waals surface area contributed by atoms with E-state index in [0.29, 0.717) is 28.0 Å². The third-order valence-electron chi connectivity index (χ3n) is 7.40. The molecule has 0 saturated carbocycles. The minimum atomic E-state index is -0.300. The molecule has 1 heterocycles. The molecule has 0 aliphatic carbocycles. The Bertz CT molecular complexity index is 1820. The highest BCUT2D eigenvalue weighted by atomic mass is 32.2. The number of halogens is 1. The van der Waals surface area contributed by atoms with E-state index in [-0.39, 0.29) is 24.1 Å². The number of nitrogens with one attached hydrogen (secondary N) is 1. The summed E-state index contributed by atoms with van der Waals surface area (Å²) in [6.45, 7) is 4.51. The lowest BCUT2D eigenvalue weighted by Gasteiger charge is -2.18. The summed E-state index contributed by atoms with van der Waals surface area (Å²) in [5, 5.41) is 13.8. The fourth-order valence-corrected chi connectivity index (χ4v) is 5.69. The lowest BCUT2D eigenvalue weighted by Crippen LogP contribution is -2.20. The third-order valence-corrected chi connectivity index (χ3v) is 8.33. The summed E-state index contributed by atoms with van der Waals surface area (Å²) in [5.41, 5.74) is 8.38. The largest absolute Gasteiger partial charge is 0.497 e. The zero-order valence-electron chi connectivity index (χ0n) is 26.7. The summed E-state index contributed by atoms with van der Waals surface area (Å²) in [6.07, 6.45) is 3.19. The molecule has 47 heavy (non-hydrogen) atoms. The average molecular weight is 654 g/mol. The van der Waals surface area contributed by atoms with Crippen LogP contribution < -0.4 is 19.6 Å². The number of hydrogen-bond donors (Lipinski definition) is 1. The second kappa shape index (κ2) is 15.9. The summed E-state index contributed by atoms with van der Waals surface area (Å²) in [6, 6.07) is 25.4. The number of thioether (sulfide) groups is 1. The Morgan fingerprint density at radius 3 is 2.30 bits per heavy atom. The van der Waals surface area contributed by atoms with Crippen LogP contribution in [0, 0.1) is 5.82 Å². The quantitative estimate of drug-likeness (QED) is 0.0780. The fourth-order valence-electron chi connectivity index (χ4n) is 4.96. The molecule has 242 valence electrons. The van der Waals surface area contributed by atoms with E-state index in [2.05, 4.69) is 52.8 Å². The maximum absolute atomic E-state index is 13.2. The zero-order chi connectivity index (χ0) is 33.2. The predicted octanol–water partition coefficient (Wildman–Crippen LogP) is 7.04. The SMILES string of the molecule is CCc1cccc(CC)c1-n1c(SCC(=O)N/N=C\c2ccc(OCc3ccc(F)cc3)c(OC)c2)nnc1-c1ccc(OC)cc1. The molecule has 9 nitrogen and oxygen atoms in total. The molecule has 0 aliphatic rings. The summed E-state index contributed by atoms with van der Waals surface area (Å²) >= 11 is 1.29. The number of carbonyl (C=O) groups excluding carboxylic acids is 1. The highest BCUT2D eigenvalue weighted by Crippen LogP contribution is 2.33. The number of methoxy groups -OCH3 is 2. The average Bonchev–Trinajstić information content (AvgIpc) is 3.53. The third kappa shape index (κ3) is 8.17. The van der Waals surface area contributed by atoms with Gasteiger partial charge in [-0.25, -0.2) is 9.82 Å². The number of rotatable bonds is 14. The monoisotopic (exact) mass is 653 g/mol. The van der Waals surface area contributed by atoms with Gasteiger partial charge in [-0.3, -0.25) is 9.36 Å². The van der Waals surface area contributed by atoms with Gasteiger partial charge in [0.25, 0.3) is 5.91 Å². The molecule has 1 N–H and O–H groups in total. The van der Waals surface area contributed by atoms with Crippen molar-refractivity contribution in [1.82, 2.24) is 20.2 Å². The lowest BCUT2D eigenvalue weighted by atomic mass is 10.0. The van der Waals surface area contributed by atoms with Crippen molar-refractivity contribution in [1.29, 1.82) is 0 Å². The molecule has 1 aromatic heterocycles. The molecule has 0 radical (unpaired) electrons. The van der Waals surface area contributed by atoms with Gasteiger partial charge in [0.1, 0.15) is 18.2 Å². The number of ether oxygens (including phenoxy) is 3. The highest BCUT2D eigenvalue weighted by Gasteiger charge is 2.21. The number of hydrazone groups is 1. The normalized spacial score (nSPS) is 11.1. The van der Waals surface area contributed by atoms with E-state index in [1.165, 1.54) is 30.1 Å². The van der Waals surface area contributed by atoms with E-state index in [0.717, 1.165) is 46.5 Å². The fraction of sp³-hybridized carbons (Fsp3) is 0.222. The van der Waals surface area contributed by atoms with Crippen LogP contribution in [-0.2, 0) is 24.2 Å². The molecule has 0 unspecified atom stereocenters. The predicted molar refractivity (Wildman–Crippen MR) is 182 cm³/mol. The lowest BCUT2D eigenvalue weighted by molar-refractivity contribution is -0.118. The molecule has 5 rings (SSSR count). The number of carbonyl (C=O) groups is 1.